The summed E-state index contributed by atoms with van der Waals surface area (Å²) in [6, 6.07) is 34.4. The molecule has 210 valence electrons. The normalized spacial score (nSPS) is 11.3. The number of hydrogen-bond donors (Lipinski definition) is 0. The highest BCUT2D eigenvalue weighted by molar-refractivity contribution is 8.13. The molecule has 0 aliphatic rings. The third-order valence-corrected chi connectivity index (χ3v) is 9.62. The standard InChI is InChI=1S/C35H34O3S3/c1-24-5-13-31(14-6-24)35(32-15-7-28(8-16-32)21-39-25(2)36,33-17-9-29(10-18-33)22-40-26(3)37)34-19-11-30(12-20-34)23-41-27(4)38/h5-20H,21-23H2,1-4H3. The van der Waals surface area contributed by atoms with E-state index < -0.39 is 5.41 Å². The fraction of sp³-hybridized carbons (Fsp3) is 0.229. The summed E-state index contributed by atoms with van der Waals surface area (Å²) >= 11 is 3.94. The average molecular weight is 599 g/mol. The molecule has 0 heterocycles. The maximum Gasteiger partial charge on any atom is 0.186 e. The van der Waals surface area contributed by atoms with E-state index in [4.69, 9.17) is 0 Å². The molecule has 0 aliphatic carbocycles. The van der Waals surface area contributed by atoms with Gasteiger partial charge in [0.15, 0.2) is 15.3 Å². The van der Waals surface area contributed by atoms with Crippen LogP contribution in [0.4, 0.5) is 0 Å². The zero-order chi connectivity index (χ0) is 29.4. The second-order valence-electron chi connectivity index (χ2n) is 10.0. The Bertz CT molecular complexity index is 1340. The highest BCUT2D eigenvalue weighted by Crippen LogP contribution is 2.45. The Labute approximate surface area is 255 Å². The first-order chi connectivity index (χ1) is 19.7. The average Bonchev–Trinajstić information content (AvgIpc) is 2.97. The minimum Gasteiger partial charge on any atom is -0.288 e. The molecule has 4 aromatic carbocycles. The van der Waals surface area contributed by atoms with Gasteiger partial charge in [0.25, 0.3) is 0 Å². The molecule has 0 saturated heterocycles. The van der Waals surface area contributed by atoms with E-state index in [1.54, 1.807) is 20.8 Å². The molecule has 0 unspecified atom stereocenters. The Hall–Kier alpha value is -3.06. The van der Waals surface area contributed by atoms with Gasteiger partial charge in [-0.2, -0.15) is 0 Å². The minimum absolute atomic E-state index is 0.106. The Morgan fingerprint density at radius 2 is 0.707 bits per heavy atom. The molecule has 4 aromatic rings. The van der Waals surface area contributed by atoms with Crippen LogP contribution in [-0.2, 0) is 37.1 Å². The van der Waals surface area contributed by atoms with Crippen molar-refractivity contribution in [1.82, 2.24) is 0 Å². The van der Waals surface area contributed by atoms with Crippen LogP contribution in [0.2, 0.25) is 0 Å². The molecule has 0 fully saturated rings. The van der Waals surface area contributed by atoms with Gasteiger partial charge in [0.2, 0.25) is 0 Å². The largest absolute Gasteiger partial charge is 0.288 e. The molecule has 41 heavy (non-hydrogen) atoms. The smallest absolute Gasteiger partial charge is 0.186 e. The van der Waals surface area contributed by atoms with Crippen LogP contribution in [-0.4, -0.2) is 15.3 Å². The van der Waals surface area contributed by atoms with E-state index in [9.17, 15) is 14.4 Å². The van der Waals surface area contributed by atoms with Crippen LogP contribution in [0.1, 0.15) is 65.3 Å². The fourth-order valence-electron chi connectivity index (χ4n) is 4.91. The van der Waals surface area contributed by atoms with Crippen LogP contribution >= 0.6 is 35.3 Å². The lowest BCUT2D eigenvalue weighted by atomic mass is 9.65. The summed E-state index contributed by atoms with van der Waals surface area (Å²) < 4.78 is 0. The van der Waals surface area contributed by atoms with Crippen LogP contribution in [0.3, 0.4) is 0 Å². The molecule has 0 saturated carbocycles. The number of thioether (sulfide) groups is 3. The van der Waals surface area contributed by atoms with Gasteiger partial charge in [0.1, 0.15) is 0 Å². The van der Waals surface area contributed by atoms with E-state index in [2.05, 4.69) is 104 Å². The molecular formula is C35H34O3S3. The van der Waals surface area contributed by atoms with Crippen molar-refractivity contribution in [3.8, 4) is 0 Å². The minimum atomic E-state index is -0.613. The van der Waals surface area contributed by atoms with Crippen LogP contribution in [0.5, 0.6) is 0 Å². The molecule has 6 heteroatoms. The number of benzene rings is 4. The van der Waals surface area contributed by atoms with Gasteiger partial charge in [-0.3, -0.25) is 14.4 Å². The lowest BCUT2D eigenvalue weighted by Crippen LogP contribution is -2.31. The number of carbonyl (C=O) groups is 3. The third kappa shape index (κ3) is 7.82. The molecule has 0 aromatic heterocycles. The zero-order valence-corrected chi connectivity index (χ0v) is 26.3. The van der Waals surface area contributed by atoms with Gasteiger partial charge in [-0.1, -0.05) is 138 Å². The van der Waals surface area contributed by atoms with Crippen LogP contribution < -0.4 is 0 Å². The van der Waals surface area contributed by atoms with Crippen LogP contribution in [0.15, 0.2) is 97.1 Å². The van der Waals surface area contributed by atoms with E-state index in [0.29, 0.717) is 17.3 Å². The van der Waals surface area contributed by atoms with Crippen molar-refractivity contribution in [2.24, 2.45) is 0 Å². The van der Waals surface area contributed by atoms with E-state index in [-0.39, 0.29) is 15.3 Å². The summed E-state index contributed by atoms with van der Waals surface area (Å²) in [4.78, 5) is 34.7. The predicted octanol–water partition coefficient (Wildman–Crippen LogP) is 8.72. The van der Waals surface area contributed by atoms with Crippen molar-refractivity contribution < 1.29 is 14.4 Å². The highest BCUT2D eigenvalue weighted by atomic mass is 32.2. The Balaban J connectivity index is 1.90. The third-order valence-electron chi connectivity index (χ3n) is 6.97. The summed E-state index contributed by atoms with van der Waals surface area (Å²) in [5.41, 5.74) is 8.37. The second kappa shape index (κ2) is 14.2. The van der Waals surface area contributed by atoms with Crippen molar-refractivity contribution in [3.05, 3.63) is 142 Å². The Morgan fingerprint density at radius 3 is 0.951 bits per heavy atom. The van der Waals surface area contributed by atoms with Crippen molar-refractivity contribution in [2.45, 2.75) is 50.4 Å². The van der Waals surface area contributed by atoms with Gasteiger partial charge < -0.3 is 0 Å². The highest BCUT2D eigenvalue weighted by Gasteiger charge is 2.38. The maximum atomic E-state index is 11.6. The van der Waals surface area contributed by atoms with E-state index in [1.807, 2.05) is 0 Å². The summed E-state index contributed by atoms with van der Waals surface area (Å²) in [6.45, 7) is 6.88. The molecule has 0 N–H and O–H groups in total. The first-order valence-electron chi connectivity index (χ1n) is 13.4. The maximum absolute atomic E-state index is 11.6. The predicted molar refractivity (Wildman–Crippen MR) is 175 cm³/mol. The lowest BCUT2D eigenvalue weighted by Gasteiger charge is -2.37. The summed E-state index contributed by atoms with van der Waals surface area (Å²) in [5.74, 6) is 1.91. The monoisotopic (exact) mass is 598 g/mol. The number of rotatable bonds is 10. The molecule has 0 aliphatic heterocycles. The number of aryl methyl sites for hydroxylation is 1. The Kier molecular flexibility index (Phi) is 10.7. The van der Waals surface area contributed by atoms with Gasteiger partial charge >= 0.3 is 0 Å². The summed E-state index contributed by atoms with van der Waals surface area (Å²) in [5, 5.41) is 0.317. The van der Waals surface area contributed by atoms with Crippen LogP contribution in [0.25, 0.3) is 0 Å². The molecule has 0 amide bonds. The molecular weight excluding hydrogens is 565 g/mol. The van der Waals surface area contributed by atoms with Crippen molar-refractivity contribution >= 4 is 50.6 Å². The van der Waals surface area contributed by atoms with Crippen LogP contribution in [0, 0.1) is 6.92 Å². The zero-order valence-electron chi connectivity index (χ0n) is 23.8. The number of hydrogen-bond acceptors (Lipinski definition) is 6. The van der Waals surface area contributed by atoms with Gasteiger partial charge in [-0.05, 0) is 45.9 Å². The van der Waals surface area contributed by atoms with Crippen molar-refractivity contribution in [2.75, 3.05) is 0 Å². The number of carbonyl (C=O) groups excluding carboxylic acids is 3. The molecule has 3 nitrogen and oxygen atoms in total. The lowest BCUT2D eigenvalue weighted by molar-refractivity contribution is -0.109. The summed E-state index contributed by atoms with van der Waals surface area (Å²) in [7, 11) is 0. The Morgan fingerprint density at radius 1 is 0.463 bits per heavy atom. The molecule has 0 bridgehead atoms. The van der Waals surface area contributed by atoms with E-state index in [0.717, 1.165) is 38.9 Å². The quantitative estimate of drug-likeness (QED) is 0.170. The van der Waals surface area contributed by atoms with Gasteiger partial charge in [-0.15, -0.1) is 0 Å². The molecule has 0 radical (unpaired) electrons. The van der Waals surface area contributed by atoms with E-state index in [1.165, 1.54) is 40.8 Å². The topological polar surface area (TPSA) is 51.2 Å². The SMILES string of the molecule is CC(=O)SCc1ccc(C(c2ccc(C)cc2)(c2ccc(CSC(C)=O)cc2)c2ccc(CSC(C)=O)cc2)cc1. The first-order valence-corrected chi connectivity index (χ1v) is 16.4. The molecule has 4 rings (SSSR count). The van der Waals surface area contributed by atoms with E-state index >= 15 is 0 Å². The fourth-order valence-corrected chi connectivity index (χ4v) is 6.60. The molecule has 0 atom stereocenters. The molecule has 0 spiro atoms. The summed E-state index contributed by atoms with van der Waals surface area (Å²) in [6.07, 6.45) is 0. The second-order valence-corrected chi connectivity index (χ2v) is 13.5. The van der Waals surface area contributed by atoms with Gasteiger partial charge in [0.05, 0.1) is 5.41 Å². The van der Waals surface area contributed by atoms with Gasteiger partial charge in [-0.25, -0.2) is 0 Å². The van der Waals surface area contributed by atoms with Gasteiger partial charge in [0, 0.05) is 38.0 Å². The van der Waals surface area contributed by atoms with Crippen molar-refractivity contribution in [1.29, 1.82) is 0 Å². The van der Waals surface area contributed by atoms with Crippen molar-refractivity contribution in [3.63, 3.8) is 0 Å². The first kappa shape index (κ1) is 30.9.